The maximum absolute atomic E-state index is 10.5. The molecule has 0 amide bonds. The number of hydrogen-bond acceptors (Lipinski definition) is 6. The molecule has 0 spiro atoms. The van der Waals surface area contributed by atoms with E-state index >= 15 is 0 Å². The highest BCUT2D eigenvalue weighted by Crippen LogP contribution is 2.33. The van der Waals surface area contributed by atoms with Gasteiger partial charge in [-0.25, -0.2) is 15.0 Å². The van der Waals surface area contributed by atoms with Crippen molar-refractivity contribution < 1.29 is 9.94 Å². The SMILES string of the molecule is COc1ccc(Cl)cc1N(O)c1nccc(-c2ccnc(Cl)c2)n1. The molecule has 2 aromatic heterocycles. The van der Waals surface area contributed by atoms with E-state index in [1.54, 1.807) is 42.6 Å². The van der Waals surface area contributed by atoms with Crippen LogP contribution in [0.15, 0.2) is 48.8 Å². The minimum Gasteiger partial charge on any atom is -0.494 e. The van der Waals surface area contributed by atoms with Crippen molar-refractivity contribution in [1.82, 2.24) is 15.0 Å². The fourth-order valence-electron chi connectivity index (χ4n) is 2.11. The number of rotatable bonds is 4. The van der Waals surface area contributed by atoms with Crippen LogP contribution in [0.1, 0.15) is 0 Å². The minimum absolute atomic E-state index is 0.0704. The Morgan fingerprint density at radius 3 is 2.58 bits per heavy atom. The van der Waals surface area contributed by atoms with Crippen LogP contribution in [-0.2, 0) is 0 Å². The van der Waals surface area contributed by atoms with Crippen LogP contribution in [0.25, 0.3) is 11.3 Å². The molecule has 0 saturated heterocycles. The summed E-state index contributed by atoms with van der Waals surface area (Å²) in [5, 5.41) is 12.1. The van der Waals surface area contributed by atoms with Gasteiger partial charge in [-0.05, 0) is 36.4 Å². The Kier molecular flexibility index (Phi) is 4.80. The molecule has 0 fully saturated rings. The van der Waals surface area contributed by atoms with Crippen molar-refractivity contribution in [2.24, 2.45) is 0 Å². The molecule has 24 heavy (non-hydrogen) atoms. The molecule has 3 rings (SSSR count). The van der Waals surface area contributed by atoms with Gasteiger partial charge in [-0.15, -0.1) is 0 Å². The molecular formula is C16H12Cl2N4O2. The van der Waals surface area contributed by atoms with Gasteiger partial charge in [0.1, 0.15) is 16.6 Å². The summed E-state index contributed by atoms with van der Waals surface area (Å²) >= 11 is 11.9. The number of nitrogens with zero attached hydrogens (tertiary/aromatic N) is 4. The number of aromatic nitrogens is 3. The Labute approximate surface area is 148 Å². The van der Waals surface area contributed by atoms with Gasteiger partial charge in [0.25, 0.3) is 5.95 Å². The predicted molar refractivity (Wildman–Crippen MR) is 92.2 cm³/mol. The number of pyridine rings is 1. The molecule has 0 aliphatic rings. The molecule has 2 heterocycles. The molecule has 0 saturated carbocycles. The Bertz CT molecular complexity index is 876. The van der Waals surface area contributed by atoms with Gasteiger partial charge in [0.2, 0.25) is 0 Å². The second-order valence-electron chi connectivity index (χ2n) is 4.74. The van der Waals surface area contributed by atoms with Gasteiger partial charge in [-0.2, -0.15) is 5.06 Å². The lowest BCUT2D eigenvalue weighted by Gasteiger charge is -2.18. The third-order valence-corrected chi connectivity index (χ3v) is 3.67. The molecule has 0 atom stereocenters. The number of anilines is 2. The summed E-state index contributed by atoms with van der Waals surface area (Å²) in [6, 6.07) is 10.0. The molecule has 0 unspecified atom stereocenters. The Hall–Kier alpha value is -2.41. The zero-order valence-electron chi connectivity index (χ0n) is 12.5. The van der Waals surface area contributed by atoms with Crippen LogP contribution in [0.5, 0.6) is 5.75 Å². The van der Waals surface area contributed by atoms with E-state index in [-0.39, 0.29) is 5.95 Å². The summed E-state index contributed by atoms with van der Waals surface area (Å²) in [5.74, 6) is 0.504. The van der Waals surface area contributed by atoms with Crippen molar-refractivity contribution in [2.75, 3.05) is 12.2 Å². The third kappa shape index (κ3) is 3.41. The van der Waals surface area contributed by atoms with E-state index in [1.807, 2.05) is 0 Å². The van der Waals surface area contributed by atoms with E-state index < -0.39 is 0 Å². The van der Waals surface area contributed by atoms with Gasteiger partial charge >= 0.3 is 0 Å². The summed E-state index contributed by atoms with van der Waals surface area (Å²) < 4.78 is 5.23. The summed E-state index contributed by atoms with van der Waals surface area (Å²) in [4.78, 5) is 12.4. The molecule has 0 aliphatic heterocycles. The number of methoxy groups -OCH3 is 1. The maximum Gasteiger partial charge on any atom is 0.255 e. The highest BCUT2D eigenvalue weighted by molar-refractivity contribution is 6.31. The first-order valence-electron chi connectivity index (χ1n) is 6.86. The lowest BCUT2D eigenvalue weighted by molar-refractivity contribution is 0.288. The molecule has 0 bridgehead atoms. The molecule has 3 aromatic rings. The zero-order valence-corrected chi connectivity index (χ0v) is 14.0. The van der Waals surface area contributed by atoms with Crippen LogP contribution in [0.4, 0.5) is 11.6 Å². The van der Waals surface area contributed by atoms with Crippen LogP contribution in [0.2, 0.25) is 10.2 Å². The number of hydrogen-bond donors (Lipinski definition) is 1. The smallest absolute Gasteiger partial charge is 0.255 e. The molecule has 122 valence electrons. The van der Waals surface area contributed by atoms with E-state index in [0.717, 1.165) is 10.6 Å². The number of benzene rings is 1. The van der Waals surface area contributed by atoms with Crippen LogP contribution >= 0.6 is 23.2 Å². The Balaban J connectivity index is 2.01. The molecule has 1 N–H and O–H groups in total. The van der Waals surface area contributed by atoms with Crippen LogP contribution in [-0.4, -0.2) is 27.3 Å². The van der Waals surface area contributed by atoms with Gasteiger partial charge in [0.15, 0.2) is 0 Å². The quantitative estimate of drug-likeness (QED) is 0.548. The molecular weight excluding hydrogens is 351 g/mol. The topological polar surface area (TPSA) is 71.4 Å². The Morgan fingerprint density at radius 1 is 1.04 bits per heavy atom. The fraction of sp³-hybridized carbons (Fsp3) is 0.0625. The first kappa shape index (κ1) is 16.4. The third-order valence-electron chi connectivity index (χ3n) is 3.22. The molecule has 0 aliphatic carbocycles. The van der Waals surface area contributed by atoms with E-state index in [2.05, 4.69) is 15.0 Å². The van der Waals surface area contributed by atoms with Crippen LogP contribution in [0, 0.1) is 0 Å². The first-order chi connectivity index (χ1) is 11.6. The van der Waals surface area contributed by atoms with Crippen molar-refractivity contribution in [3.8, 4) is 17.0 Å². The van der Waals surface area contributed by atoms with Crippen molar-refractivity contribution in [3.05, 3.63) is 59.0 Å². The average Bonchev–Trinajstić information content (AvgIpc) is 2.61. The first-order valence-corrected chi connectivity index (χ1v) is 7.61. The molecule has 1 aromatic carbocycles. The van der Waals surface area contributed by atoms with E-state index in [0.29, 0.717) is 27.3 Å². The predicted octanol–water partition coefficient (Wildman–Crippen LogP) is 4.38. The second-order valence-corrected chi connectivity index (χ2v) is 5.56. The van der Waals surface area contributed by atoms with Gasteiger partial charge < -0.3 is 4.74 Å². The van der Waals surface area contributed by atoms with Crippen molar-refractivity contribution in [1.29, 1.82) is 0 Å². The van der Waals surface area contributed by atoms with E-state index in [1.165, 1.54) is 13.3 Å². The second kappa shape index (κ2) is 7.00. The molecule has 8 heteroatoms. The zero-order chi connectivity index (χ0) is 17.1. The van der Waals surface area contributed by atoms with Crippen molar-refractivity contribution in [2.45, 2.75) is 0 Å². The lowest BCUT2D eigenvalue weighted by Crippen LogP contribution is -2.15. The lowest BCUT2D eigenvalue weighted by atomic mass is 10.2. The standard InChI is InChI=1S/C16H12Cl2N4O2/c1-24-14-3-2-11(17)9-13(14)22(23)16-20-7-5-12(21-16)10-4-6-19-15(18)8-10/h2-9,23H,1H3. The summed E-state index contributed by atoms with van der Waals surface area (Å²) in [6.07, 6.45) is 3.11. The van der Waals surface area contributed by atoms with Gasteiger partial charge in [0.05, 0.1) is 12.8 Å². The Morgan fingerprint density at radius 2 is 1.83 bits per heavy atom. The fourth-order valence-corrected chi connectivity index (χ4v) is 2.45. The van der Waals surface area contributed by atoms with Crippen molar-refractivity contribution in [3.63, 3.8) is 0 Å². The van der Waals surface area contributed by atoms with Crippen molar-refractivity contribution >= 4 is 34.8 Å². The van der Waals surface area contributed by atoms with Crippen LogP contribution in [0.3, 0.4) is 0 Å². The number of halogens is 2. The monoisotopic (exact) mass is 362 g/mol. The maximum atomic E-state index is 10.5. The average molecular weight is 363 g/mol. The van der Waals surface area contributed by atoms with E-state index in [4.69, 9.17) is 27.9 Å². The summed E-state index contributed by atoms with van der Waals surface area (Å²) in [5.41, 5.74) is 1.67. The summed E-state index contributed by atoms with van der Waals surface area (Å²) in [7, 11) is 1.50. The largest absolute Gasteiger partial charge is 0.494 e. The molecule has 0 radical (unpaired) electrons. The van der Waals surface area contributed by atoms with Gasteiger partial charge in [0, 0.05) is 23.0 Å². The molecule has 6 nitrogen and oxygen atoms in total. The minimum atomic E-state index is 0.0704. The van der Waals surface area contributed by atoms with Gasteiger partial charge in [-0.1, -0.05) is 23.2 Å². The highest BCUT2D eigenvalue weighted by atomic mass is 35.5. The summed E-state index contributed by atoms with van der Waals surface area (Å²) in [6.45, 7) is 0. The number of ether oxygens (including phenoxy) is 1. The normalized spacial score (nSPS) is 10.5. The van der Waals surface area contributed by atoms with E-state index in [9.17, 15) is 5.21 Å². The van der Waals surface area contributed by atoms with Crippen LogP contribution < -0.4 is 9.80 Å². The highest BCUT2D eigenvalue weighted by Gasteiger charge is 2.16. The van der Waals surface area contributed by atoms with Gasteiger partial charge in [-0.3, -0.25) is 5.21 Å².